The Morgan fingerprint density at radius 2 is 1.91 bits per heavy atom. The number of halogens is 2. The molecule has 2 fully saturated rings. The average Bonchev–Trinajstić information content (AvgIpc) is 3.29. The number of anilines is 1. The first-order valence-corrected chi connectivity index (χ1v) is 12.7. The maximum Gasteiger partial charge on any atom is 0.256 e. The Bertz CT molecular complexity index is 1290. The molecule has 0 unspecified atom stereocenters. The quantitative estimate of drug-likeness (QED) is 0.680. The number of allylic oxidation sites excluding steroid dienone is 1. The molecule has 6 nitrogen and oxygen atoms in total. The summed E-state index contributed by atoms with van der Waals surface area (Å²) in [6.45, 7) is 6.09. The fourth-order valence-electron chi connectivity index (χ4n) is 5.99. The molecule has 3 aliphatic heterocycles. The summed E-state index contributed by atoms with van der Waals surface area (Å²) in [6.07, 6.45) is 7.57. The number of nitrogens with zero attached hydrogens (tertiary/aromatic N) is 2. The molecule has 4 heterocycles. The SMILES string of the molecule is Cc1[nH]c(=O)c(CN2CCc3c(Cl)cc(N4CC5(CCOCC5)C4)c(Cl)c3C2=O)c2c1CC=C2. The van der Waals surface area contributed by atoms with Crippen LogP contribution in [-0.4, -0.2) is 48.6 Å². The third-order valence-corrected chi connectivity index (χ3v) is 8.73. The molecule has 178 valence electrons. The average molecular weight is 500 g/mol. The summed E-state index contributed by atoms with van der Waals surface area (Å²) in [6, 6.07) is 1.92. The molecule has 1 N–H and O–H groups in total. The number of carbonyl (C=O) groups is 1. The van der Waals surface area contributed by atoms with Gasteiger partial charge in [-0.1, -0.05) is 35.4 Å². The molecule has 1 aromatic carbocycles. The van der Waals surface area contributed by atoms with Crippen LogP contribution in [0.3, 0.4) is 0 Å². The molecule has 2 saturated heterocycles. The number of fused-ring (bicyclic) bond motifs is 2. The first-order valence-electron chi connectivity index (χ1n) is 11.9. The number of aromatic amines is 1. The molecule has 8 heteroatoms. The molecule has 34 heavy (non-hydrogen) atoms. The maximum absolute atomic E-state index is 13.7. The van der Waals surface area contributed by atoms with Gasteiger partial charge in [0.15, 0.2) is 0 Å². The Hall–Kier alpha value is -2.28. The number of ether oxygens (including phenoxy) is 1. The number of H-pyrrole nitrogens is 1. The van der Waals surface area contributed by atoms with Crippen molar-refractivity contribution in [2.75, 3.05) is 37.7 Å². The number of carbonyl (C=O) groups excluding carboxylic acids is 1. The second-order valence-corrected chi connectivity index (χ2v) is 10.8. The van der Waals surface area contributed by atoms with Gasteiger partial charge in [-0.25, -0.2) is 0 Å². The minimum atomic E-state index is -0.160. The minimum Gasteiger partial charge on any atom is -0.381 e. The largest absolute Gasteiger partial charge is 0.381 e. The molecule has 2 aromatic rings. The van der Waals surface area contributed by atoms with Crippen LogP contribution in [-0.2, 0) is 24.1 Å². The van der Waals surface area contributed by atoms with Gasteiger partial charge in [0.25, 0.3) is 11.5 Å². The third-order valence-electron chi connectivity index (χ3n) is 8.01. The van der Waals surface area contributed by atoms with E-state index in [4.69, 9.17) is 27.9 Å². The summed E-state index contributed by atoms with van der Waals surface area (Å²) in [5.74, 6) is -0.160. The second-order valence-electron chi connectivity index (χ2n) is 10.0. The summed E-state index contributed by atoms with van der Waals surface area (Å²) < 4.78 is 5.53. The Kier molecular flexibility index (Phi) is 5.32. The van der Waals surface area contributed by atoms with Gasteiger partial charge in [0.2, 0.25) is 0 Å². The van der Waals surface area contributed by atoms with Crippen molar-refractivity contribution in [3.05, 3.63) is 66.1 Å². The molecule has 0 bridgehead atoms. The molecule has 4 aliphatic rings. The van der Waals surface area contributed by atoms with Crippen molar-refractivity contribution in [1.29, 1.82) is 0 Å². The van der Waals surface area contributed by atoms with E-state index in [2.05, 4.69) is 16.0 Å². The fraction of sp³-hybridized carbons (Fsp3) is 0.462. The van der Waals surface area contributed by atoms with E-state index in [-0.39, 0.29) is 23.4 Å². The fourth-order valence-corrected chi connectivity index (χ4v) is 6.66. The highest BCUT2D eigenvalue weighted by Gasteiger charge is 2.45. The zero-order valence-electron chi connectivity index (χ0n) is 19.2. The Morgan fingerprint density at radius 1 is 1.15 bits per heavy atom. The highest BCUT2D eigenvalue weighted by atomic mass is 35.5. The standard InChI is InChI=1S/C26H27Cl2N3O3/c1-15-16-3-2-4-17(16)19(24(32)29-15)12-30-8-5-18-20(27)11-21(23(28)22(18)25(30)33)31-13-26(14-31)6-9-34-10-7-26/h2,4,11H,3,5-10,12-14H2,1H3,(H,29,32). The van der Waals surface area contributed by atoms with Crippen molar-refractivity contribution < 1.29 is 9.53 Å². The number of aryl methyl sites for hydroxylation is 1. The van der Waals surface area contributed by atoms with E-state index in [0.717, 1.165) is 73.6 Å². The van der Waals surface area contributed by atoms with Crippen molar-refractivity contribution in [3.63, 3.8) is 0 Å². The van der Waals surface area contributed by atoms with Gasteiger partial charge in [-0.3, -0.25) is 9.59 Å². The van der Waals surface area contributed by atoms with Crippen LogP contribution in [0.25, 0.3) is 6.08 Å². The summed E-state index contributed by atoms with van der Waals surface area (Å²) in [5, 5.41) is 1.06. The molecule has 6 rings (SSSR count). The highest BCUT2D eigenvalue weighted by molar-refractivity contribution is 6.39. The number of rotatable bonds is 3. The van der Waals surface area contributed by atoms with Gasteiger partial charge in [-0.05, 0) is 55.4 Å². The first kappa shape index (κ1) is 22.2. The van der Waals surface area contributed by atoms with Crippen LogP contribution in [0.4, 0.5) is 5.69 Å². The third kappa shape index (κ3) is 3.42. The van der Waals surface area contributed by atoms with Crippen molar-refractivity contribution in [1.82, 2.24) is 9.88 Å². The summed E-state index contributed by atoms with van der Waals surface area (Å²) in [4.78, 5) is 33.4. The summed E-state index contributed by atoms with van der Waals surface area (Å²) in [7, 11) is 0. The molecule has 1 spiro atoms. The van der Waals surface area contributed by atoms with Crippen LogP contribution < -0.4 is 10.5 Å². The predicted octanol–water partition coefficient (Wildman–Crippen LogP) is 4.37. The van der Waals surface area contributed by atoms with Crippen molar-refractivity contribution >= 4 is 40.9 Å². The van der Waals surface area contributed by atoms with Gasteiger partial charge in [-0.2, -0.15) is 0 Å². The monoisotopic (exact) mass is 499 g/mol. The number of aromatic nitrogens is 1. The zero-order chi connectivity index (χ0) is 23.6. The van der Waals surface area contributed by atoms with Gasteiger partial charge in [0.1, 0.15) is 0 Å². The van der Waals surface area contributed by atoms with E-state index in [1.807, 2.05) is 19.1 Å². The minimum absolute atomic E-state index is 0.137. The molecule has 0 radical (unpaired) electrons. The molecule has 0 saturated carbocycles. The lowest BCUT2D eigenvalue weighted by molar-refractivity contribution is -0.000186. The van der Waals surface area contributed by atoms with Crippen LogP contribution in [0, 0.1) is 12.3 Å². The molecular formula is C26H27Cl2N3O3. The number of amides is 1. The van der Waals surface area contributed by atoms with Crippen molar-refractivity contribution in [3.8, 4) is 0 Å². The van der Waals surface area contributed by atoms with Gasteiger partial charge in [0, 0.05) is 54.5 Å². The van der Waals surface area contributed by atoms with Crippen LogP contribution in [0.5, 0.6) is 0 Å². The molecule has 1 amide bonds. The topological polar surface area (TPSA) is 65.6 Å². The zero-order valence-corrected chi connectivity index (χ0v) is 20.7. The predicted molar refractivity (Wildman–Crippen MR) is 134 cm³/mol. The van der Waals surface area contributed by atoms with Crippen LogP contribution >= 0.6 is 23.2 Å². The number of benzene rings is 1. The summed E-state index contributed by atoms with van der Waals surface area (Å²) in [5.41, 5.74) is 5.86. The van der Waals surface area contributed by atoms with Gasteiger partial charge >= 0.3 is 0 Å². The number of hydrogen-bond donors (Lipinski definition) is 1. The molecular weight excluding hydrogens is 473 g/mol. The first-order chi connectivity index (χ1) is 16.4. The number of pyridine rings is 1. The summed E-state index contributed by atoms with van der Waals surface area (Å²) >= 11 is 13.6. The second kappa shape index (κ2) is 8.14. The number of nitrogens with one attached hydrogen (secondary N) is 1. The maximum atomic E-state index is 13.7. The lowest BCUT2D eigenvalue weighted by Crippen LogP contribution is -2.58. The van der Waals surface area contributed by atoms with Gasteiger partial charge in [0.05, 0.1) is 22.8 Å². The van der Waals surface area contributed by atoms with E-state index in [1.54, 1.807) is 4.90 Å². The molecule has 0 atom stereocenters. The Balaban J connectivity index is 1.31. The lowest BCUT2D eigenvalue weighted by atomic mass is 9.73. The van der Waals surface area contributed by atoms with Crippen molar-refractivity contribution in [2.24, 2.45) is 5.41 Å². The smallest absolute Gasteiger partial charge is 0.256 e. The van der Waals surface area contributed by atoms with Gasteiger partial charge < -0.3 is 19.5 Å². The molecule has 1 aromatic heterocycles. The van der Waals surface area contributed by atoms with Crippen molar-refractivity contribution in [2.45, 2.75) is 39.2 Å². The normalized spacial score (nSPS) is 20.5. The highest BCUT2D eigenvalue weighted by Crippen LogP contribution is 2.47. The van der Waals surface area contributed by atoms with E-state index < -0.39 is 0 Å². The van der Waals surface area contributed by atoms with Crippen LogP contribution in [0.15, 0.2) is 16.9 Å². The van der Waals surface area contributed by atoms with Crippen LogP contribution in [0.1, 0.15) is 51.1 Å². The van der Waals surface area contributed by atoms with E-state index in [9.17, 15) is 9.59 Å². The Labute approximate surface area is 208 Å². The van der Waals surface area contributed by atoms with Crippen LogP contribution in [0.2, 0.25) is 10.0 Å². The van der Waals surface area contributed by atoms with Gasteiger partial charge in [-0.15, -0.1) is 0 Å². The van der Waals surface area contributed by atoms with E-state index >= 15 is 0 Å². The van der Waals surface area contributed by atoms with E-state index in [1.165, 1.54) is 0 Å². The molecule has 1 aliphatic carbocycles. The lowest BCUT2D eigenvalue weighted by Gasteiger charge is -2.53. The van der Waals surface area contributed by atoms with E-state index in [0.29, 0.717) is 34.1 Å². The Morgan fingerprint density at radius 3 is 2.68 bits per heavy atom. The number of hydrogen-bond acceptors (Lipinski definition) is 4.